The van der Waals surface area contributed by atoms with E-state index in [9.17, 15) is 14.4 Å². The van der Waals surface area contributed by atoms with Gasteiger partial charge in [-0.25, -0.2) is 0 Å². The van der Waals surface area contributed by atoms with E-state index in [1.807, 2.05) is 0 Å². The Morgan fingerprint density at radius 2 is 1.76 bits per heavy atom. The number of carbonyl (C=O) groups excluding carboxylic acids is 3. The molecule has 0 aliphatic heterocycles. The van der Waals surface area contributed by atoms with Crippen molar-refractivity contribution in [2.24, 2.45) is 0 Å². The maximum atomic E-state index is 10.3. The molecule has 0 aliphatic carbocycles. The Labute approximate surface area is 101 Å². The Kier molecular flexibility index (Phi) is 12.5. The number of hydrogen-bond acceptors (Lipinski definition) is 5. The van der Waals surface area contributed by atoms with Gasteiger partial charge in [-0.05, 0) is 6.92 Å². The highest BCUT2D eigenvalue weighted by atomic mass is 16.5. The molecular weight excluding hydrogens is 224 g/mol. The average molecular weight is 242 g/mol. The van der Waals surface area contributed by atoms with Crippen LogP contribution in [0.4, 0.5) is 0 Å². The maximum Gasteiger partial charge on any atom is 0.318 e. The maximum absolute atomic E-state index is 10.3. The third-order valence-electron chi connectivity index (χ3n) is 1.26. The Morgan fingerprint density at radius 3 is 2.12 bits per heavy atom. The van der Waals surface area contributed by atoms with Crippen molar-refractivity contribution < 1.29 is 23.9 Å². The van der Waals surface area contributed by atoms with Gasteiger partial charge in [-0.3, -0.25) is 14.4 Å². The summed E-state index contributed by atoms with van der Waals surface area (Å²) in [6, 6.07) is 0. The van der Waals surface area contributed by atoms with E-state index < -0.39 is 5.97 Å². The minimum Gasteiger partial charge on any atom is -0.461 e. The zero-order valence-electron chi connectivity index (χ0n) is 10.2. The van der Waals surface area contributed by atoms with Crippen molar-refractivity contribution in [1.82, 2.24) is 0 Å². The van der Waals surface area contributed by atoms with Gasteiger partial charge in [-0.2, -0.15) is 0 Å². The molecule has 0 saturated heterocycles. The molecule has 0 aromatic carbocycles. The highest BCUT2D eigenvalue weighted by Crippen LogP contribution is 1.86. The molecule has 0 N–H and O–H groups in total. The van der Waals surface area contributed by atoms with Crippen LogP contribution in [-0.2, 0) is 23.9 Å². The second-order valence-electron chi connectivity index (χ2n) is 2.86. The zero-order chi connectivity index (χ0) is 13.7. The summed E-state index contributed by atoms with van der Waals surface area (Å²) in [5.41, 5.74) is 0. The number of rotatable bonds is 6. The van der Waals surface area contributed by atoms with Crippen LogP contribution < -0.4 is 0 Å². The predicted octanol–water partition coefficient (Wildman–Crippen LogP) is 1.78. The van der Waals surface area contributed by atoms with Gasteiger partial charge in [-0.1, -0.05) is 26.2 Å². The molecule has 96 valence electrons. The first-order valence-corrected chi connectivity index (χ1v) is 5.04. The number of carbonyl (C=O) groups is 3. The van der Waals surface area contributed by atoms with Gasteiger partial charge in [0.05, 0.1) is 6.26 Å². The number of esters is 2. The molecule has 0 atom stereocenters. The molecule has 0 aromatic rings. The number of ether oxygens (including phenoxy) is 2. The van der Waals surface area contributed by atoms with Crippen molar-refractivity contribution in [1.29, 1.82) is 0 Å². The number of ketones is 1. The van der Waals surface area contributed by atoms with Crippen LogP contribution in [0.25, 0.3) is 0 Å². The lowest BCUT2D eigenvalue weighted by atomic mass is 10.3. The van der Waals surface area contributed by atoms with Crippen LogP contribution in [0.1, 0.15) is 26.7 Å². The predicted molar refractivity (Wildman–Crippen MR) is 63.0 cm³/mol. The van der Waals surface area contributed by atoms with E-state index >= 15 is 0 Å². The molecule has 5 heteroatoms. The van der Waals surface area contributed by atoms with E-state index in [-0.39, 0.29) is 18.2 Å². The molecular formula is C12H18O5. The van der Waals surface area contributed by atoms with Gasteiger partial charge in [0.1, 0.15) is 18.8 Å². The smallest absolute Gasteiger partial charge is 0.318 e. The van der Waals surface area contributed by atoms with Gasteiger partial charge in [-0.15, -0.1) is 0 Å². The summed E-state index contributed by atoms with van der Waals surface area (Å²) in [6.07, 6.45) is 2.82. The Hall–Kier alpha value is -1.91. The first-order valence-electron chi connectivity index (χ1n) is 5.04. The van der Waals surface area contributed by atoms with Crippen molar-refractivity contribution >= 4 is 17.7 Å². The molecule has 0 fully saturated rings. The molecule has 0 spiro atoms. The lowest BCUT2D eigenvalue weighted by molar-refractivity contribution is -0.142. The zero-order valence-corrected chi connectivity index (χ0v) is 10.2. The van der Waals surface area contributed by atoms with Crippen LogP contribution in [0.2, 0.25) is 0 Å². The van der Waals surface area contributed by atoms with Crippen molar-refractivity contribution in [3.8, 4) is 0 Å². The molecule has 17 heavy (non-hydrogen) atoms. The number of Topliss-reactive ketones (excluding diaryl/α,β-unsaturated/α-hetero) is 1. The standard InChI is InChI=1S/C6H8O3.C6H10O2/c1-3-9-6(8)4-5(2)7;1-3-5-8-6(7)4-2/h3H,1,4H2,2H3;3H,1,4-5H2,2H3. The topological polar surface area (TPSA) is 69.7 Å². The second-order valence-corrected chi connectivity index (χ2v) is 2.86. The SMILES string of the molecule is C=CCOC(=O)CC.C=COC(=O)CC(C)=O. The van der Waals surface area contributed by atoms with E-state index in [4.69, 9.17) is 0 Å². The average Bonchev–Trinajstić information content (AvgIpc) is 2.26. The minimum absolute atomic E-state index is 0.175. The van der Waals surface area contributed by atoms with E-state index in [2.05, 4.69) is 22.6 Å². The molecule has 0 bridgehead atoms. The lowest BCUT2D eigenvalue weighted by Crippen LogP contribution is -2.04. The van der Waals surface area contributed by atoms with Crippen LogP contribution in [0.3, 0.4) is 0 Å². The Bertz CT molecular complexity index is 281. The van der Waals surface area contributed by atoms with Crippen LogP contribution in [-0.4, -0.2) is 24.3 Å². The Morgan fingerprint density at radius 1 is 1.18 bits per heavy atom. The van der Waals surface area contributed by atoms with Gasteiger partial charge in [0, 0.05) is 6.42 Å². The minimum atomic E-state index is -0.558. The third-order valence-corrected chi connectivity index (χ3v) is 1.26. The fourth-order valence-corrected chi connectivity index (χ4v) is 0.592. The number of hydrogen-bond donors (Lipinski definition) is 0. The van der Waals surface area contributed by atoms with Crippen LogP contribution in [0, 0.1) is 0 Å². The van der Waals surface area contributed by atoms with Crippen LogP contribution in [0.15, 0.2) is 25.5 Å². The van der Waals surface area contributed by atoms with Crippen molar-refractivity contribution in [2.75, 3.05) is 6.61 Å². The van der Waals surface area contributed by atoms with Crippen molar-refractivity contribution in [3.05, 3.63) is 25.5 Å². The molecule has 0 radical (unpaired) electrons. The van der Waals surface area contributed by atoms with E-state index in [0.717, 1.165) is 6.26 Å². The largest absolute Gasteiger partial charge is 0.461 e. The summed E-state index contributed by atoms with van der Waals surface area (Å²) in [4.78, 5) is 30.8. The van der Waals surface area contributed by atoms with Crippen molar-refractivity contribution in [2.45, 2.75) is 26.7 Å². The van der Waals surface area contributed by atoms with E-state index in [1.54, 1.807) is 13.0 Å². The lowest BCUT2D eigenvalue weighted by Gasteiger charge is -1.94. The molecule has 0 aliphatic rings. The molecule has 0 rings (SSSR count). The molecule has 5 nitrogen and oxygen atoms in total. The van der Waals surface area contributed by atoms with E-state index in [1.165, 1.54) is 6.92 Å². The monoisotopic (exact) mass is 242 g/mol. The summed E-state index contributed by atoms with van der Waals surface area (Å²) in [7, 11) is 0. The van der Waals surface area contributed by atoms with Gasteiger partial charge in [0.2, 0.25) is 0 Å². The highest BCUT2D eigenvalue weighted by molar-refractivity contribution is 5.94. The quantitative estimate of drug-likeness (QED) is 0.307. The summed E-state index contributed by atoms with van der Waals surface area (Å²) >= 11 is 0. The molecule has 0 heterocycles. The molecule has 0 saturated carbocycles. The van der Waals surface area contributed by atoms with Gasteiger partial charge in [0.15, 0.2) is 0 Å². The summed E-state index contributed by atoms with van der Waals surface area (Å²) in [5, 5.41) is 0. The molecule has 0 aromatic heterocycles. The third kappa shape index (κ3) is 16.7. The fraction of sp³-hybridized carbons (Fsp3) is 0.417. The Balaban J connectivity index is 0. The van der Waals surface area contributed by atoms with Crippen LogP contribution >= 0.6 is 0 Å². The first kappa shape index (κ1) is 17.5. The van der Waals surface area contributed by atoms with Crippen LogP contribution in [0.5, 0.6) is 0 Å². The summed E-state index contributed by atoms with van der Waals surface area (Å²) in [5.74, 6) is -0.941. The highest BCUT2D eigenvalue weighted by Gasteiger charge is 2.02. The summed E-state index contributed by atoms with van der Waals surface area (Å²) in [6.45, 7) is 9.95. The summed E-state index contributed by atoms with van der Waals surface area (Å²) < 4.78 is 8.84. The van der Waals surface area contributed by atoms with Gasteiger partial charge in [0.25, 0.3) is 0 Å². The molecule has 0 amide bonds. The van der Waals surface area contributed by atoms with Gasteiger partial charge >= 0.3 is 11.9 Å². The molecule has 0 unspecified atom stereocenters. The van der Waals surface area contributed by atoms with Gasteiger partial charge < -0.3 is 9.47 Å². The fourth-order valence-electron chi connectivity index (χ4n) is 0.592. The normalized spacial score (nSPS) is 8.12. The second kappa shape index (κ2) is 12.2. The first-order chi connectivity index (χ1) is 7.97. The van der Waals surface area contributed by atoms with E-state index in [0.29, 0.717) is 13.0 Å². The van der Waals surface area contributed by atoms with Crippen molar-refractivity contribution in [3.63, 3.8) is 0 Å².